The number of thiophene rings is 1. The minimum Gasteiger partial charge on any atom is -0.352 e. The molecule has 2 fully saturated rings. The maximum Gasteiger partial charge on any atom is 0.254 e. The zero-order valence-corrected chi connectivity index (χ0v) is 20.9. The van der Waals surface area contributed by atoms with Gasteiger partial charge in [-0.2, -0.15) is 5.10 Å². The molecule has 6 rings (SSSR count). The number of carbonyl (C=O) groups is 1. The van der Waals surface area contributed by atoms with Crippen molar-refractivity contribution in [2.45, 2.75) is 52.0 Å². The molecule has 176 valence electrons. The van der Waals surface area contributed by atoms with Crippen molar-refractivity contribution in [2.75, 3.05) is 31.1 Å². The minimum atomic E-state index is -0.210. The largest absolute Gasteiger partial charge is 0.352 e. The Kier molecular flexibility index (Phi) is 4.88. The van der Waals surface area contributed by atoms with E-state index in [2.05, 4.69) is 47.1 Å². The number of hydrogen-bond acceptors (Lipinski definition) is 7. The van der Waals surface area contributed by atoms with Gasteiger partial charge in [0.2, 0.25) is 0 Å². The third kappa shape index (κ3) is 3.53. The first-order valence-corrected chi connectivity index (χ1v) is 12.8. The van der Waals surface area contributed by atoms with Crippen LogP contribution in [0.5, 0.6) is 0 Å². The summed E-state index contributed by atoms with van der Waals surface area (Å²) in [5.41, 5.74) is 3.26. The molecule has 1 amide bonds. The molecular weight excluding hydrogens is 446 g/mol. The number of hydrogen-bond donors (Lipinski definition) is 0. The second kappa shape index (κ2) is 7.73. The molecule has 4 aromatic heterocycles. The van der Waals surface area contributed by atoms with Crippen molar-refractivity contribution < 1.29 is 4.79 Å². The summed E-state index contributed by atoms with van der Waals surface area (Å²) >= 11 is 1.63. The highest BCUT2D eigenvalue weighted by Crippen LogP contribution is 2.41. The van der Waals surface area contributed by atoms with E-state index in [-0.39, 0.29) is 11.4 Å². The molecule has 2 aliphatic rings. The second-order valence-electron chi connectivity index (χ2n) is 10.4. The second-order valence-corrected chi connectivity index (χ2v) is 11.2. The summed E-state index contributed by atoms with van der Waals surface area (Å²) in [4.78, 5) is 33.0. The Morgan fingerprint density at radius 1 is 1.12 bits per heavy atom. The molecule has 0 spiro atoms. The first-order chi connectivity index (χ1) is 16.3. The van der Waals surface area contributed by atoms with Crippen LogP contribution in [0, 0.1) is 6.92 Å². The quantitative estimate of drug-likeness (QED) is 0.439. The van der Waals surface area contributed by atoms with Gasteiger partial charge in [-0.25, -0.2) is 19.6 Å². The maximum atomic E-state index is 13.9. The van der Waals surface area contributed by atoms with Crippen LogP contribution in [0.3, 0.4) is 0 Å². The third-order valence-corrected chi connectivity index (χ3v) is 7.62. The lowest BCUT2D eigenvalue weighted by molar-refractivity contribution is 0.0748. The van der Waals surface area contributed by atoms with Crippen LogP contribution in [0.15, 0.2) is 23.8 Å². The predicted octanol–water partition coefficient (Wildman–Crippen LogP) is 4.34. The molecule has 0 bridgehead atoms. The van der Waals surface area contributed by atoms with Crippen molar-refractivity contribution in [1.29, 1.82) is 0 Å². The SMILES string of the molecule is Cc1nn(C(C)(C)C)c2nc(C3CC3)cc(C(=O)N3CCN(c4ncnc5sccc45)CC3)c12. The van der Waals surface area contributed by atoms with Crippen LogP contribution in [0.2, 0.25) is 0 Å². The maximum absolute atomic E-state index is 13.9. The van der Waals surface area contributed by atoms with Gasteiger partial charge in [0.1, 0.15) is 17.0 Å². The lowest BCUT2D eigenvalue weighted by Crippen LogP contribution is -2.49. The van der Waals surface area contributed by atoms with Gasteiger partial charge in [0.15, 0.2) is 5.65 Å². The molecule has 0 radical (unpaired) electrons. The zero-order chi connectivity index (χ0) is 23.6. The highest BCUT2D eigenvalue weighted by Gasteiger charge is 2.32. The Labute approximate surface area is 202 Å². The molecule has 1 saturated carbocycles. The van der Waals surface area contributed by atoms with Gasteiger partial charge in [-0.05, 0) is 58.0 Å². The Morgan fingerprint density at radius 3 is 2.59 bits per heavy atom. The van der Waals surface area contributed by atoms with Crippen molar-refractivity contribution in [3.05, 3.63) is 40.8 Å². The molecule has 5 heterocycles. The van der Waals surface area contributed by atoms with E-state index in [0.717, 1.165) is 70.0 Å². The highest BCUT2D eigenvalue weighted by molar-refractivity contribution is 7.16. The van der Waals surface area contributed by atoms with Gasteiger partial charge in [0, 0.05) is 37.8 Å². The molecule has 0 unspecified atom stereocenters. The fourth-order valence-electron chi connectivity index (χ4n) is 4.85. The summed E-state index contributed by atoms with van der Waals surface area (Å²) < 4.78 is 1.99. The van der Waals surface area contributed by atoms with Gasteiger partial charge < -0.3 is 9.80 Å². The first kappa shape index (κ1) is 21.5. The van der Waals surface area contributed by atoms with Gasteiger partial charge in [0.25, 0.3) is 5.91 Å². The van der Waals surface area contributed by atoms with Crippen LogP contribution in [0.25, 0.3) is 21.3 Å². The van der Waals surface area contributed by atoms with Gasteiger partial charge in [0.05, 0.1) is 27.6 Å². The van der Waals surface area contributed by atoms with Crippen LogP contribution in [0.1, 0.15) is 61.3 Å². The number of piperazine rings is 1. The van der Waals surface area contributed by atoms with E-state index in [1.54, 1.807) is 17.7 Å². The van der Waals surface area contributed by atoms with E-state index < -0.39 is 0 Å². The van der Waals surface area contributed by atoms with Gasteiger partial charge in [-0.3, -0.25) is 4.79 Å². The molecule has 1 aliphatic heterocycles. The lowest BCUT2D eigenvalue weighted by Gasteiger charge is -2.35. The van der Waals surface area contributed by atoms with Gasteiger partial charge >= 0.3 is 0 Å². The summed E-state index contributed by atoms with van der Waals surface area (Å²) in [7, 11) is 0. The Morgan fingerprint density at radius 2 is 1.88 bits per heavy atom. The number of rotatable bonds is 3. The van der Waals surface area contributed by atoms with E-state index >= 15 is 0 Å². The first-order valence-electron chi connectivity index (χ1n) is 11.9. The molecule has 0 N–H and O–H groups in total. The number of aryl methyl sites for hydroxylation is 1. The number of pyridine rings is 1. The van der Waals surface area contributed by atoms with Gasteiger partial charge in [-0.15, -0.1) is 11.3 Å². The minimum absolute atomic E-state index is 0.0777. The van der Waals surface area contributed by atoms with Crippen LogP contribution in [-0.4, -0.2) is 61.7 Å². The third-order valence-electron chi connectivity index (χ3n) is 6.80. The molecule has 1 aliphatic carbocycles. The Bertz CT molecular complexity index is 1400. The molecule has 4 aromatic rings. The summed E-state index contributed by atoms with van der Waals surface area (Å²) in [6.07, 6.45) is 3.92. The van der Waals surface area contributed by atoms with Crippen LogP contribution in [0.4, 0.5) is 5.82 Å². The van der Waals surface area contributed by atoms with E-state index in [1.165, 1.54) is 0 Å². The van der Waals surface area contributed by atoms with Crippen molar-refractivity contribution in [3.63, 3.8) is 0 Å². The van der Waals surface area contributed by atoms with Gasteiger partial charge in [-0.1, -0.05) is 0 Å². The van der Waals surface area contributed by atoms with Crippen molar-refractivity contribution in [3.8, 4) is 0 Å². The van der Waals surface area contributed by atoms with E-state index in [9.17, 15) is 4.79 Å². The number of aromatic nitrogens is 5. The lowest BCUT2D eigenvalue weighted by atomic mass is 10.0. The normalized spacial score (nSPS) is 17.2. The molecule has 0 aromatic carbocycles. The molecule has 8 nitrogen and oxygen atoms in total. The summed E-state index contributed by atoms with van der Waals surface area (Å²) in [5, 5.41) is 8.83. The fraction of sp³-hybridized carbons (Fsp3) is 0.480. The van der Waals surface area contributed by atoms with Crippen LogP contribution >= 0.6 is 11.3 Å². The van der Waals surface area contributed by atoms with Crippen molar-refractivity contribution >= 4 is 44.3 Å². The van der Waals surface area contributed by atoms with E-state index in [0.29, 0.717) is 19.0 Å². The molecule has 0 atom stereocenters. The smallest absolute Gasteiger partial charge is 0.254 e. The van der Waals surface area contributed by atoms with Crippen molar-refractivity contribution in [2.24, 2.45) is 0 Å². The predicted molar refractivity (Wildman–Crippen MR) is 135 cm³/mol. The Hall–Kier alpha value is -3.07. The number of nitrogens with zero attached hydrogens (tertiary/aromatic N) is 7. The zero-order valence-electron chi connectivity index (χ0n) is 20.1. The molecule has 34 heavy (non-hydrogen) atoms. The number of carbonyl (C=O) groups excluding carboxylic acids is 1. The van der Waals surface area contributed by atoms with E-state index in [4.69, 9.17) is 10.1 Å². The molecular formula is C25H29N7OS. The average Bonchev–Trinajstić information content (AvgIpc) is 3.46. The Balaban J connectivity index is 1.32. The summed E-state index contributed by atoms with van der Waals surface area (Å²) in [6, 6.07) is 4.12. The van der Waals surface area contributed by atoms with Crippen molar-refractivity contribution in [1.82, 2.24) is 29.6 Å². The molecule has 1 saturated heterocycles. The number of anilines is 1. The standard InChI is InChI=1S/C25H29N7OS/c1-15-20-18(13-19(16-5-6-16)28-22(20)32(29-15)25(2,3)4)24(33)31-10-8-30(9-11-31)21-17-7-12-34-23(17)27-14-26-21/h7,12-14,16H,5-6,8-11H2,1-4H3. The summed E-state index contributed by atoms with van der Waals surface area (Å²) in [5.74, 6) is 1.50. The van der Waals surface area contributed by atoms with Crippen LogP contribution < -0.4 is 4.90 Å². The van der Waals surface area contributed by atoms with E-state index in [1.807, 2.05) is 22.6 Å². The monoisotopic (exact) mass is 475 g/mol. The average molecular weight is 476 g/mol. The highest BCUT2D eigenvalue weighted by atomic mass is 32.1. The number of fused-ring (bicyclic) bond motifs is 2. The topological polar surface area (TPSA) is 80.0 Å². The summed E-state index contributed by atoms with van der Waals surface area (Å²) in [6.45, 7) is 11.2. The molecule has 9 heteroatoms. The number of amides is 1. The van der Waals surface area contributed by atoms with Crippen LogP contribution in [-0.2, 0) is 5.54 Å². The fourth-order valence-corrected chi connectivity index (χ4v) is 5.58.